The van der Waals surface area contributed by atoms with Crippen molar-refractivity contribution in [2.24, 2.45) is 0 Å². The summed E-state index contributed by atoms with van der Waals surface area (Å²) in [6.45, 7) is 0. The van der Waals surface area contributed by atoms with Crippen molar-refractivity contribution in [1.82, 2.24) is 5.32 Å². The Hall–Kier alpha value is -1.54. The molecule has 2 atom stereocenters. The number of benzene rings is 1. The molecule has 0 radical (unpaired) electrons. The summed E-state index contributed by atoms with van der Waals surface area (Å²) >= 11 is 0. The van der Waals surface area contributed by atoms with Gasteiger partial charge in [-0.25, -0.2) is 0 Å². The number of hydrogen-bond donors (Lipinski definition) is 1. The van der Waals surface area contributed by atoms with Crippen LogP contribution >= 0.6 is 0 Å². The minimum atomic E-state index is 0.279. The number of likely N-dealkylation sites (N-methyl/N-ethyl adjacent to an activating group) is 1. The Morgan fingerprint density at radius 3 is 2.89 bits per heavy atom. The standard InChI is InChI=1S/C16H19NO/c1-17-16(15-10-5-11-18-15)14-9-4-7-12-6-2-3-8-13(12)14/h2-3,5-6,8,10-11,14,16-17H,4,7,9H2,1H3. The first-order valence-corrected chi connectivity index (χ1v) is 6.68. The molecule has 0 aliphatic heterocycles. The van der Waals surface area contributed by atoms with Gasteiger partial charge in [-0.1, -0.05) is 24.3 Å². The third-order valence-electron chi connectivity index (χ3n) is 3.98. The molecule has 0 bridgehead atoms. The zero-order valence-corrected chi connectivity index (χ0v) is 10.7. The molecule has 0 fully saturated rings. The van der Waals surface area contributed by atoms with E-state index < -0.39 is 0 Å². The molecule has 2 aromatic rings. The number of furan rings is 1. The normalized spacial score (nSPS) is 20.4. The van der Waals surface area contributed by atoms with Gasteiger partial charge in [0.15, 0.2) is 0 Å². The number of rotatable bonds is 3. The van der Waals surface area contributed by atoms with Gasteiger partial charge in [-0.15, -0.1) is 0 Å². The van der Waals surface area contributed by atoms with Gasteiger partial charge >= 0.3 is 0 Å². The lowest BCUT2D eigenvalue weighted by atomic mass is 9.78. The largest absolute Gasteiger partial charge is 0.468 e. The maximum Gasteiger partial charge on any atom is 0.121 e. The SMILES string of the molecule is CNC(c1ccco1)C1CCCc2ccccc21. The fraction of sp³-hybridized carbons (Fsp3) is 0.375. The van der Waals surface area contributed by atoms with Crippen molar-refractivity contribution >= 4 is 0 Å². The molecule has 2 heteroatoms. The monoisotopic (exact) mass is 241 g/mol. The second kappa shape index (κ2) is 4.99. The van der Waals surface area contributed by atoms with Gasteiger partial charge in [-0.3, -0.25) is 0 Å². The third-order valence-corrected chi connectivity index (χ3v) is 3.98. The predicted molar refractivity (Wildman–Crippen MR) is 72.6 cm³/mol. The zero-order valence-electron chi connectivity index (χ0n) is 10.7. The van der Waals surface area contributed by atoms with Gasteiger partial charge in [0.1, 0.15) is 5.76 Å². The third kappa shape index (κ3) is 1.97. The van der Waals surface area contributed by atoms with Crippen LogP contribution in [-0.4, -0.2) is 7.05 Å². The summed E-state index contributed by atoms with van der Waals surface area (Å²) in [4.78, 5) is 0. The van der Waals surface area contributed by atoms with E-state index in [9.17, 15) is 0 Å². The van der Waals surface area contributed by atoms with E-state index in [-0.39, 0.29) is 6.04 Å². The van der Waals surface area contributed by atoms with Gasteiger partial charge in [0.2, 0.25) is 0 Å². The molecule has 0 amide bonds. The second-order valence-electron chi connectivity index (χ2n) is 4.98. The minimum Gasteiger partial charge on any atom is -0.468 e. The first kappa shape index (κ1) is 11.5. The van der Waals surface area contributed by atoms with Crippen LogP contribution in [0, 0.1) is 0 Å². The summed E-state index contributed by atoms with van der Waals surface area (Å²) in [5.74, 6) is 1.56. The summed E-state index contributed by atoms with van der Waals surface area (Å²) in [5.41, 5.74) is 2.99. The van der Waals surface area contributed by atoms with Crippen LogP contribution in [-0.2, 0) is 6.42 Å². The number of nitrogens with one attached hydrogen (secondary N) is 1. The lowest BCUT2D eigenvalue weighted by Gasteiger charge is -2.31. The van der Waals surface area contributed by atoms with Crippen molar-refractivity contribution in [3.63, 3.8) is 0 Å². The Labute approximate surface area is 108 Å². The van der Waals surface area contributed by atoms with Crippen molar-refractivity contribution in [1.29, 1.82) is 0 Å². The van der Waals surface area contributed by atoms with Gasteiger partial charge in [0.05, 0.1) is 12.3 Å². The Morgan fingerprint density at radius 2 is 2.11 bits per heavy atom. The molecule has 0 saturated heterocycles. The van der Waals surface area contributed by atoms with Crippen molar-refractivity contribution in [3.8, 4) is 0 Å². The highest BCUT2D eigenvalue weighted by Gasteiger charge is 2.29. The van der Waals surface area contributed by atoms with Gasteiger partial charge in [0.25, 0.3) is 0 Å². The summed E-state index contributed by atoms with van der Waals surface area (Å²) in [5, 5.41) is 3.42. The van der Waals surface area contributed by atoms with Crippen molar-refractivity contribution in [2.45, 2.75) is 31.2 Å². The van der Waals surface area contributed by atoms with Crippen LogP contribution < -0.4 is 5.32 Å². The molecular weight excluding hydrogens is 222 g/mol. The predicted octanol–water partition coefficient (Wildman–Crippen LogP) is 3.66. The minimum absolute atomic E-state index is 0.279. The zero-order chi connectivity index (χ0) is 12.4. The van der Waals surface area contributed by atoms with Crippen LogP contribution in [0.3, 0.4) is 0 Å². The van der Waals surface area contributed by atoms with E-state index in [1.54, 1.807) is 6.26 Å². The van der Waals surface area contributed by atoms with Crippen LogP contribution in [0.1, 0.15) is 41.7 Å². The second-order valence-corrected chi connectivity index (χ2v) is 4.98. The lowest BCUT2D eigenvalue weighted by molar-refractivity contribution is 0.357. The van der Waals surface area contributed by atoms with E-state index in [1.807, 2.05) is 13.1 Å². The molecule has 1 N–H and O–H groups in total. The van der Waals surface area contributed by atoms with Gasteiger partial charge < -0.3 is 9.73 Å². The highest BCUT2D eigenvalue weighted by Crippen LogP contribution is 2.40. The van der Waals surface area contributed by atoms with E-state index in [0.717, 1.165) is 5.76 Å². The van der Waals surface area contributed by atoms with Gasteiger partial charge in [-0.05, 0) is 49.6 Å². The fourth-order valence-electron chi connectivity index (χ4n) is 3.15. The number of fused-ring (bicyclic) bond motifs is 1. The number of aryl methyl sites for hydroxylation is 1. The maximum absolute atomic E-state index is 5.59. The van der Waals surface area contributed by atoms with E-state index in [4.69, 9.17) is 4.42 Å². The Balaban J connectivity index is 1.97. The van der Waals surface area contributed by atoms with Crippen molar-refractivity contribution in [3.05, 3.63) is 59.5 Å². The molecular formula is C16H19NO. The average Bonchev–Trinajstić information content (AvgIpc) is 2.94. The van der Waals surface area contributed by atoms with E-state index in [1.165, 1.54) is 30.4 Å². The highest BCUT2D eigenvalue weighted by molar-refractivity contribution is 5.34. The van der Waals surface area contributed by atoms with Crippen LogP contribution in [0.5, 0.6) is 0 Å². The molecule has 1 aliphatic carbocycles. The summed E-state index contributed by atoms with van der Waals surface area (Å²) in [7, 11) is 2.02. The molecule has 1 aromatic heterocycles. The first-order valence-electron chi connectivity index (χ1n) is 6.68. The molecule has 94 valence electrons. The molecule has 1 aromatic carbocycles. The van der Waals surface area contributed by atoms with Crippen LogP contribution in [0.2, 0.25) is 0 Å². The Kier molecular flexibility index (Phi) is 3.20. The smallest absolute Gasteiger partial charge is 0.121 e. The lowest BCUT2D eigenvalue weighted by Crippen LogP contribution is -2.26. The van der Waals surface area contributed by atoms with Crippen molar-refractivity contribution < 1.29 is 4.42 Å². The quantitative estimate of drug-likeness (QED) is 0.887. The van der Waals surface area contributed by atoms with Crippen molar-refractivity contribution in [2.75, 3.05) is 7.05 Å². The van der Waals surface area contributed by atoms with Crippen LogP contribution in [0.15, 0.2) is 47.1 Å². The topological polar surface area (TPSA) is 25.2 Å². The molecule has 2 unspecified atom stereocenters. The summed E-state index contributed by atoms with van der Waals surface area (Å²) < 4.78 is 5.59. The molecule has 3 rings (SSSR count). The Bertz CT molecular complexity index is 504. The first-order chi connectivity index (χ1) is 8.90. The van der Waals surface area contributed by atoms with Crippen LogP contribution in [0.4, 0.5) is 0 Å². The highest BCUT2D eigenvalue weighted by atomic mass is 16.3. The molecule has 0 saturated carbocycles. The van der Waals surface area contributed by atoms with E-state index in [2.05, 4.69) is 35.6 Å². The molecule has 1 aliphatic rings. The number of hydrogen-bond acceptors (Lipinski definition) is 2. The summed E-state index contributed by atoms with van der Waals surface area (Å²) in [6.07, 6.45) is 5.46. The average molecular weight is 241 g/mol. The van der Waals surface area contributed by atoms with Gasteiger partial charge in [0, 0.05) is 5.92 Å². The molecule has 2 nitrogen and oxygen atoms in total. The molecule has 1 heterocycles. The Morgan fingerprint density at radius 1 is 1.22 bits per heavy atom. The summed E-state index contributed by atoms with van der Waals surface area (Å²) in [6, 6.07) is 13.1. The van der Waals surface area contributed by atoms with Gasteiger partial charge in [-0.2, -0.15) is 0 Å². The maximum atomic E-state index is 5.59. The molecule has 18 heavy (non-hydrogen) atoms. The van der Waals surface area contributed by atoms with Crippen LogP contribution in [0.25, 0.3) is 0 Å². The fourth-order valence-corrected chi connectivity index (χ4v) is 3.15. The molecule has 0 spiro atoms. The van der Waals surface area contributed by atoms with E-state index in [0.29, 0.717) is 5.92 Å². The van der Waals surface area contributed by atoms with E-state index >= 15 is 0 Å².